The highest BCUT2D eigenvalue weighted by molar-refractivity contribution is 5.69. The molecule has 1 atom stereocenters. The quantitative estimate of drug-likeness (QED) is 0.840. The first-order valence-corrected chi connectivity index (χ1v) is 5.61. The van der Waals surface area contributed by atoms with Crippen LogP contribution in [-0.4, -0.2) is 29.9 Å². The average molecular weight is 292 g/mol. The lowest BCUT2D eigenvalue weighted by Gasteiger charge is -2.09. The Bertz CT molecular complexity index is 1120. The molecule has 7 nitrogen and oxygen atoms in total. The molecular formula is C13H20N4O3. The van der Waals surface area contributed by atoms with Gasteiger partial charge in [-0.15, -0.1) is 0 Å². The lowest BCUT2D eigenvalue weighted by Crippen LogP contribution is -2.39. The molecule has 7 heteroatoms. The van der Waals surface area contributed by atoms with Crippen LogP contribution in [0.1, 0.15) is 42.5 Å². The molecule has 1 unspecified atom stereocenters. The number of aliphatic hydroxyl groups is 1. The van der Waals surface area contributed by atoms with Gasteiger partial charge in [-0.2, -0.15) is 0 Å². The molecule has 0 saturated heterocycles. The molecule has 0 aromatic carbocycles. The first-order chi connectivity index (χ1) is 14.1. The number of aromatic nitrogens is 4. The van der Waals surface area contributed by atoms with Gasteiger partial charge >= 0.3 is 5.69 Å². The van der Waals surface area contributed by atoms with Crippen molar-refractivity contribution in [2.75, 3.05) is 0 Å². The largest absolute Gasteiger partial charge is 0.393 e. The molecule has 0 aliphatic heterocycles. The Hall–Kier alpha value is -1.89. The van der Waals surface area contributed by atoms with E-state index in [0.29, 0.717) is 15.5 Å². The molecule has 2 heterocycles. The third-order valence-electron chi connectivity index (χ3n) is 2.68. The maximum atomic E-state index is 12.9. The molecule has 0 aliphatic rings. The summed E-state index contributed by atoms with van der Waals surface area (Å²) in [5.41, 5.74) is -3.93. The molecule has 20 heavy (non-hydrogen) atoms. The summed E-state index contributed by atoms with van der Waals surface area (Å²) in [6.45, 7) is -10.1. The van der Waals surface area contributed by atoms with Crippen molar-refractivity contribution in [3.05, 3.63) is 27.2 Å². The number of hydrogen-bond donors (Lipinski definition) is 1. The van der Waals surface area contributed by atoms with Crippen molar-refractivity contribution >= 4 is 11.2 Å². The lowest BCUT2D eigenvalue weighted by molar-refractivity contribution is 0.180. The Labute approximate surface area is 133 Å². The normalized spacial score (nSPS) is 26.1. The van der Waals surface area contributed by atoms with Gasteiger partial charge in [-0.1, -0.05) is 0 Å². The summed E-state index contributed by atoms with van der Waals surface area (Å²) in [5, 5.41) is 9.82. The zero-order valence-corrected chi connectivity index (χ0v) is 10.3. The van der Waals surface area contributed by atoms with Crippen LogP contribution in [0.15, 0.2) is 15.9 Å². The van der Waals surface area contributed by atoms with Gasteiger partial charge in [0.15, 0.2) is 11.2 Å². The van der Waals surface area contributed by atoms with Gasteiger partial charge in [-0.05, 0) is 26.1 Å². The molecule has 2 aromatic heterocycles. The Balaban J connectivity index is 2.58. The smallest absolute Gasteiger partial charge is 0.332 e. The zero-order valence-electron chi connectivity index (χ0n) is 22.3. The summed E-state index contributed by atoms with van der Waals surface area (Å²) in [6, 6.07) is 0. The van der Waals surface area contributed by atoms with Crippen LogP contribution >= 0.6 is 0 Å². The van der Waals surface area contributed by atoms with Crippen molar-refractivity contribution in [1.29, 1.82) is 0 Å². The van der Waals surface area contributed by atoms with Crippen LogP contribution in [0.2, 0.25) is 0 Å². The van der Waals surface area contributed by atoms with Crippen molar-refractivity contribution in [1.82, 2.24) is 18.7 Å². The topological polar surface area (TPSA) is 82.1 Å². The second-order valence-corrected chi connectivity index (χ2v) is 3.99. The minimum Gasteiger partial charge on any atom is -0.393 e. The predicted molar refractivity (Wildman–Crippen MR) is 75.7 cm³/mol. The number of nitrogens with zero attached hydrogens (tertiary/aromatic N) is 4. The van der Waals surface area contributed by atoms with E-state index in [9.17, 15) is 14.7 Å². The summed E-state index contributed by atoms with van der Waals surface area (Å²) < 4.78 is 90.5. The average Bonchev–Trinajstić information content (AvgIpc) is 3.00. The van der Waals surface area contributed by atoms with Gasteiger partial charge in [0.25, 0.3) is 5.56 Å². The number of rotatable bonds is 5. The van der Waals surface area contributed by atoms with Crippen molar-refractivity contribution in [3.8, 4) is 0 Å². The van der Waals surface area contributed by atoms with Gasteiger partial charge < -0.3 is 9.67 Å². The maximum Gasteiger partial charge on any atom is 0.332 e. The monoisotopic (exact) mass is 292 g/mol. The van der Waals surface area contributed by atoms with Gasteiger partial charge in [0.1, 0.15) is 0 Å². The van der Waals surface area contributed by atoms with Crippen LogP contribution in [0.4, 0.5) is 0 Å². The van der Waals surface area contributed by atoms with E-state index < -0.39 is 75.1 Å². The van der Waals surface area contributed by atoms with E-state index in [1.54, 1.807) is 0 Å². The molecule has 2 rings (SSSR count). The predicted octanol–water partition coefficient (Wildman–Crippen LogP) is -0.0152. The summed E-state index contributed by atoms with van der Waals surface area (Å²) in [4.78, 5) is 29.2. The molecule has 0 saturated carbocycles. The van der Waals surface area contributed by atoms with Gasteiger partial charge in [0, 0.05) is 35.6 Å². The highest BCUT2D eigenvalue weighted by Gasteiger charge is 2.14. The molecule has 0 amide bonds. The van der Waals surface area contributed by atoms with Gasteiger partial charge in [-0.3, -0.25) is 13.9 Å². The van der Waals surface area contributed by atoms with Crippen molar-refractivity contribution in [2.24, 2.45) is 14.0 Å². The third-order valence-corrected chi connectivity index (χ3v) is 2.68. The Morgan fingerprint density at radius 3 is 3.05 bits per heavy atom. The van der Waals surface area contributed by atoms with Crippen molar-refractivity contribution < 1.29 is 21.6 Å². The number of hydrogen-bond acceptors (Lipinski definition) is 4. The SMILES string of the molecule is [2H]C([2H])([2H])n1cnc2c1c(=O)n(CCCC([2H])([2H])C([2H])(O)C([2H])([2H])[2H])c(=O)n2C([2H])([2H])[2H]. The number of imidazole rings is 1. The van der Waals surface area contributed by atoms with Crippen LogP contribution in [0.25, 0.3) is 11.2 Å². The Morgan fingerprint density at radius 1 is 1.50 bits per heavy atom. The van der Waals surface area contributed by atoms with E-state index in [1.807, 2.05) is 0 Å². The fraction of sp³-hybridized carbons (Fsp3) is 0.615. The summed E-state index contributed by atoms with van der Waals surface area (Å²) in [6.07, 6.45) is -7.04. The van der Waals surface area contributed by atoms with E-state index in [0.717, 1.165) is 0 Å². The van der Waals surface area contributed by atoms with Crippen LogP contribution in [0, 0.1) is 0 Å². The second-order valence-electron chi connectivity index (χ2n) is 3.99. The van der Waals surface area contributed by atoms with Crippen LogP contribution in [0.5, 0.6) is 0 Å². The van der Waals surface area contributed by atoms with Gasteiger partial charge in [0.05, 0.1) is 13.8 Å². The summed E-state index contributed by atoms with van der Waals surface area (Å²) >= 11 is 0. The lowest BCUT2D eigenvalue weighted by atomic mass is 10.2. The third kappa shape index (κ3) is 2.53. The minimum absolute atomic E-state index is 0.157. The highest BCUT2D eigenvalue weighted by atomic mass is 16.3. The summed E-state index contributed by atoms with van der Waals surface area (Å²) in [7, 11) is 0. The molecule has 2 aromatic rings. The highest BCUT2D eigenvalue weighted by Crippen LogP contribution is 2.04. The van der Waals surface area contributed by atoms with Crippen LogP contribution in [0.3, 0.4) is 0 Å². The zero-order chi connectivity index (χ0) is 25.1. The Morgan fingerprint density at radius 2 is 2.35 bits per heavy atom. The van der Waals surface area contributed by atoms with Crippen LogP contribution in [-0.2, 0) is 20.5 Å². The van der Waals surface area contributed by atoms with Crippen LogP contribution < -0.4 is 11.2 Å². The van der Waals surface area contributed by atoms with E-state index in [1.165, 1.54) is 0 Å². The first kappa shape index (κ1) is 5.48. The second kappa shape index (κ2) is 5.62. The maximum absolute atomic E-state index is 12.9. The Kier molecular flexibility index (Phi) is 1.54. The molecule has 0 fully saturated rings. The minimum atomic E-state index is -3.49. The molecule has 1 N–H and O–H groups in total. The van der Waals surface area contributed by atoms with E-state index >= 15 is 0 Å². The van der Waals surface area contributed by atoms with Gasteiger partial charge in [-0.25, -0.2) is 9.78 Å². The number of fused-ring (bicyclic) bond motifs is 1. The fourth-order valence-electron chi connectivity index (χ4n) is 1.77. The molecule has 0 radical (unpaired) electrons. The van der Waals surface area contributed by atoms with E-state index in [4.69, 9.17) is 16.4 Å². The van der Waals surface area contributed by atoms with Crippen molar-refractivity contribution in [3.63, 3.8) is 0 Å². The van der Waals surface area contributed by atoms with E-state index in [2.05, 4.69) is 4.98 Å². The first-order valence-electron chi connectivity index (χ1n) is 11.6. The molecule has 0 spiro atoms. The number of aryl methyl sites for hydroxylation is 2. The summed E-state index contributed by atoms with van der Waals surface area (Å²) in [5.74, 6) is 0. The fourth-order valence-corrected chi connectivity index (χ4v) is 1.77. The molecule has 0 aliphatic carbocycles. The van der Waals surface area contributed by atoms with Crippen molar-refractivity contribution in [2.45, 2.75) is 38.7 Å². The van der Waals surface area contributed by atoms with Gasteiger partial charge in [0.2, 0.25) is 0 Å². The molecule has 0 bridgehead atoms. The molecular weight excluding hydrogens is 260 g/mol. The molecule has 110 valence electrons. The standard InChI is InChI=1S/C13H20N4O3/c1-9(18)6-4-5-7-17-12(19)10-11(14-8-15(10)2)16(3)13(17)20/h8-9,18H,4-7H2,1-3H3/i1D3,2D3,3D3,6D2,9D. The van der Waals surface area contributed by atoms with E-state index in [-0.39, 0.29) is 4.57 Å².